The van der Waals surface area contributed by atoms with Crippen molar-refractivity contribution in [2.75, 3.05) is 5.43 Å². The van der Waals surface area contributed by atoms with E-state index in [1.165, 1.54) is 0 Å². The number of carbonyl (C=O) groups is 1. The van der Waals surface area contributed by atoms with E-state index < -0.39 is 0 Å². The minimum Gasteiger partial charge on any atom is -0.267 e. The van der Waals surface area contributed by atoms with Crippen LogP contribution in [0.2, 0.25) is 0 Å². The lowest BCUT2D eigenvalue weighted by atomic mass is 10.1. The first-order chi connectivity index (χ1) is 10.6. The van der Waals surface area contributed by atoms with Crippen molar-refractivity contribution in [1.82, 2.24) is 4.68 Å². The van der Waals surface area contributed by atoms with E-state index in [-0.39, 0.29) is 5.91 Å². The largest absolute Gasteiger partial charge is 0.270 e. The molecule has 3 aromatic rings. The maximum Gasteiger partial charge on any atom is 0.270 e. The van der Waals surface area contributed by atoms with Gasteiger partial charge in [-0.05, 0) is 38.1 Å². The van der Waals surface area contributed by atoms with Crippen LogP contribution in [0.3, 0.4) is 0 Å². The second-order valence-corrected chi connectivity index (χ2v) is 5.37. The van der Waals surface area contributed by atoms with Gasteiger partial charge in [-0.3, -0.25) is 14.9 Å². The van der Waals surface area contributed by atoms with Gasteiger partial charge in [-0.25, -0.2) is 0 Å². The lowest BCUT2D eigenvalue weighted by Crippen LogP contribution is -2.24. The first kappa shape index (κ1) is 14.1. The Morgan fingerprint density at radius 3 is 2.23 bits per heavy atom. The van der Waals surface area contributed by atoms with Crippen molar-refractivity contribution in [2.24, 2.45) is 0 Å². The number of aryl methyl sites for hydroxylation is 2. The quantitative estimate of drug-likeness (QED) is 0.772. The van der Waals surface area contributed by atoms with Gasteiger partial charge in [-0.15, -0.1) is 0 Å². The summed E-state index contributed by atoms with van der Waals surface area (Å²) in [6.45, 7) is 3.98. The average Bonchev–Trinajstić information content (AvgIpc) is 2.90. The Bertz CT molecular complexity index is 786. The SMILES string of the molecule is Cc1ccc(C(=O)Nn2c(C)ccc2-c2ccccc2)cc1. The second-order valence-electron chi connectivity index (χ2n) is 5.37. The number of rotatable bonds is 3. The van der Waals surface area contributed by atoms with E-state index in [2.05, 4.69) is 5.43 Å². The molecule has 0 aliphatic carbocycles. The Morgan fingerprint density at radius 1 is 0.864 bits per heavy atom. The van der Waals surface area contributed by atoms with Gasteiger partial charge in [0.15, 0.2) is 0 Å². The van der Waals surface area contributed by atoms with E-state index >= 15 is 0 Å². The predicted octanol–water partition coefficient (Wildman–Crippen LogP) is 4.16. The molecular formula is C19H18N2O. The molecular weight excluding hydrogens is 272 g/mol. The Labute approximate surface area is 130 Å². The van der Waals surface area contributed by atoms with Crippen LogP contribution in [0.5, 0.6) is 0 Å². The fourth-order valence-electron chi connectivity index (χ4n) is 2.39. The topological polar surface area (TPSA) is 34.0 Å². The number of nitrogens with one attached hydrogen (secondary N) is 1. The lowest BCUT2D eigenvalue weighted by molar-refractivity contribution is 0.101. The van der Waals surface area contributed by atoms with Crippen molar-refractivity contribution in [3.05, 3.63) is 83.6 Å². The smallest absolute Gasteiger partial charge is 0.267 e. The molecule has 0 atom stereocenters. The molecule has 3 nitrogen and oxygen atoms in total. The molecule has 110 valence electrons. The molecule has 0 bridgehead atoms. The van der Waals surface area contributed by atoms with Gasteiger partial charge in [0.05, 0.1) is 5.69 Å². The summed E-state index contributed by atoms with van der Waals surface area (Å²) < 4.78 is 1.83. The van der Waals surface area contributed by atoms with Crippen LogP contribution in [-0.4, -0.2) is 10.6 Å². The van der Waals surface area contributed by atoms with E-state index in [1.54, 1.807) is 0 Å². The Balaban J connectivity index is 1.91. The fourth-order valence-corrected chi connectivity index (χ4v) is 2.39. The monoisotopic (exact) mass is 290 g/mol. The molecule has 2 aromatic carbocycles. The first-order valence-corrected chi connectivity index (χ1v) is 7.27. The van der Waals surface area contributed by atoms with Gasteiger partial charge >= 0.3 is 0 Å². The Hall–Kier alpha value is -2.81. The summed E-state index contributed by atoms with van der Waals surface area (Å²) in [5.41, 5.74) is 7.78. The van der Waals surface area contributed by atoms with Crippen LogP contribution in [0.1, 0.15) is 21.6 Å². The standard InChI is InChI=1S/C19H18N2O/c1-14-8-11-17(12-9-14)19(22)20-21-15(2)10-13-18(21)16-6-4-3-5-7-16/h3-13H,1-2H3,(H,20,22). The molecule has 3 rings (SSSR count). The van der Waals surface area contributed by atoms with Gasteiger partial charge in [0.2, 0.25) is 0 Å². The van der Waals surface area contributed by atoms with Crippen LogP contribution in [0.4, 0.5) is 0 Å². The molecule has 1 N–H and O–H groups in total. The van der Waals surface area contributed by atoms with E-state index in [9.17, 15) is 4.79 Å². The molecule has 0 radical (unpaired) electrons. The molecule has 1 aromatic heterocycles. The van der Waals surface area contributed by atoms with Gasteiger partial charge in [0.25, 0.3) is 5.91 Å². The van der Waals surface area contributed by atoms with E-state index in [0.717, 1.165) is 22.5 Å². The zero-order valence-corrected chi connectivity index (χ0v) is 12.7. The maximum absolute atomic E-state index is 12.4. The average molecular weight is 290 g/mol. The van der Waals surface area contributed by atoms with Crippen LogP contribution < -0.4 is 5.43 Å². The Morgan fingerprint density at radius 2 is 1.55 bits per heavy atom. The van der Waals surface area contributed by atoms with Crippen LogP contribution in [0.25, 0.3) is 11.3 Å². The molecule has 0 fully saturated rings. The van der Waals surface area contributed by atoms with Crippen LogP contribution >= 0.6 is 0 Å². The van der Waals surface area contributed by atoms with Gasteiger partial charge in [-0.2, -0.15) is 0 Å². The summed E-state index contributed by atoms with van der Waals surface area (Å²) in [5, 5.41) is 0. The second kappa shape index (κ2) is 5.90. The minimum atomic E-state index is -0.114. The van der Waals surface area contributed by atoms with E-state index in [1.807, 2.05) is 85.3 Å². The third-order valence-electron chi connectivity index (χ3n) is 3.67. The normalized spacial score (nSPS) is 10.5. The highest BCUT2D eigenvalue weighted by molar-refractivity contribution is 6.00. The number of hydrogen-bond donors (Lipinski definition) is 1. The van der Waals surface area contributed by atoms with Gasteiger partial charge in [0, 0.05) is 16.8 Å². The lowest BCUT2D eigenvalue weighted by Gasteiger charge is -2.13. The number of nitrogens with zero attached hydrogens (tertiary/aromatic N) is 1. The van der Waals surface area contributed by atoms with Gasteiger partial charge in [0.1, 0.15) is 0 Å². The summed E-state index contributed by atoms with van der Waals surface area (Å²) in [6, 6.07) is 21.6. The molecule has 0 aliphatic heterocycles. The minimum absolute atomic E-state index is 0.114. The number of benzene rings is 2. The summed E-state index contributed by atoms with van der Waals surface area (Å²) in [7, 11) is 0. The van der Waals surface area contributed by atoms with Crippen LogP contribution in [0.15, 0.2) is 66.7 Å². The van der Waals surface area contributed by atoms with Crippen molar-refractivity contribution in [3.8, 4) is 11.3 Å². The van der Waals surface area contributed by atoms with Crippen molar-refractivity contribution >= 4 is 5.91 Å². The van der Waals surface area contributed by atoms with E-state index in [0.29, 0.717) is 5.56 Å². The summed E-state index contributed by atoms with van der Waals surface area (Å²) in [4.78, 5) is 12.4. The predicted molar refractivity (Wildman–Crippen MR) is 89.5 cm³/mol. The zero-order chi connectivity index (χ0) is 15.5. The molecule has 0 saturated carbocycles. The van der Waals surface area contributed by atoms with Crippen molar-refractivity contribution in [3.63, 3.8) is 0 Å². The van der Waals surface area contributed by atoms with Crippen LogP contribution in [-0.2, 0) is 0 Å². The van der Waals surface area contributed by atoms with Gasteiger partial charge in [-0.1, -0.05) is 48.0 Å². The third kappa shape index (κ3) is 2.79. The highest BCUT2D eigenvalue weighted by Crippen LogP contribution is 2.21. The van der Waals surface area contributed by atoms with Crippen LogP contribution in [0, 0.1) is 13.8 Å². The number of amides is 1. The molecule has 0 saturated heterocycles. The number of aromatic nitrogens is 1. The van der Waals surface area contributed by atoms with Crippen molar-refractivity contribution in [2.45, 2.75) is 13.8 Å². The maximum atomic E-state index is 12.4. The molecule has 3 heteroatoms. The molecule has 1 amide bonds. The zero-order valence-electron chi connectivity index (χ0n) is 12.7. The molecule has 22 heavy (non-hydrogen) atoms. The van der Waals surface area contributed by atoms with Gasteiger partial charge < -0.3 is 0 Å². The fraction of sp³-hybridized carbons (Fsp3) is 0.105. The van der Waals surface area contributed by atoms with Crippen molar-refractivity contribution < 1.29 is 4.79 Å². The van der Waals surface area contributed by atoms with Crippen molar-refractivity contribution in [1.29, 1.82) is 0 Å². The third-order valence-corrected chi connectivity index (χ3v) is 3.67. The molecule has 0 aliphatic rings. The van der Waals surface area contributed by atoms with E-state index in [4.69, 9.17) is 0 Å². The molecule has 0 unspecified atom stereocenters. The highest BCUT2D eigenvalue weighted by atomic mass is 16.2. The first-order valence-electron chi connectivity index (χ1n) is 7.27. The summed E-state index contributed by atoms with van der Waals surface area (Å²) in [5.74, 6) is -0.114. The highest BCUT2D eigenvalue weighted by Gasteiger charge is 2.11. The number of hydrogen-bond acceptors (Lipinski definition) is 1. The summed E-state index contributed by atoms with van der Waals surface area (Å²) in [6.07, 6.45) is 0. The summed E-state index contributed by atoms with van der Waals surface area (Å²) >= 11 is 0. The molecule has 0 spiro atoms. The molecule has 1 heterocycles. The number of carbonyl (C=O) groups excluding carboxylic acids is 1. The Kier molecular flexibility index (Phi) is 3.79.